The first-order chi connectivity index (χ1) is 6.69. The second kappa shape index (κ2) is 5.00. The standard InChI is InChI=1S/C9H12ClNO3/c1-3-5-6-7(8(12)13-4-2)11-9(10)14-6/h3-5H2,1-2H3. The molecule has 0 saturated carbocycles. The first-order valence-corrected chi connectivity index (χ1v) is 4.89. The van der Waals surface area contributed by atoms with Gasteiger partial charge in [-0.1, -0.05) is 6.92 Å². The Bertz CT molecular complexity index is 322. The van der Waals surface area contributed by atoms with E-state index in [1.807, 2.05) is 6.92 Å². The average molecular weight is 218 g/mol. The summed E-state index contributed by atoms with van der Waals surface area (Å²) in [4.78, 5) is 15.1. The zero-order valence-electron chi connectivity index (χ0n) is 8.17. The molecule has 0 unspecified atom stereocenters. The third-order valence-electron chi connectivity index (χ3n) is 1.62. The van der Waals surface area contributed by atoms with Gasteiger partial charge in [-0.2, -0.15) is 4.98 Å². The molecular formula is C9H12ClNO3. The first-order valence-electron chi connectivity index (χ1n) is 4.51. The van der Waals surface area contributed by atoms with E-state index in [2.05, 4.69) is 4.98 Å². The molecule has 0 fully saturated rings. The lowest BCUT2D eigenvalue weighted by Crippen LogP contribution is -2.07. The number of aryl methyl sites for hydroxylation is 1. The number of hydrogen-bond donors (Lipinski definition) is 0. The number of aromatic nitrogens is 1. The highest BCUT2D eigenvalue weighted by atomic mass is 35.5. The maximum atomic E-state index is 11.4. The summed E-state index contributed by atoms with van der Waals surface area (Å²) in [5.74, 6) is 0.0163. The third-order valence-corrected chi connectivity index (χ3v) is 1.78. The van der Waals surface area contributed by atoms with Gasteiger partial charge in [0.1, 0.15) is 5.76 Å². The second-order valence-electron chi connectivity index (χ2n) is 2.71. The Balaban J connectivity index is 2.88. The van der Waals surface area contributed by atoms with Crippen LogP contribution in [0.2, 0.25) is 5.35 Å². The molecule has 0 aliphatic heterocycles. The van der Waals surface area contributed by atoms with Crippen molar-refractivity contribution in [1.29, 1.82) is 0 Å². The Morgan fingerprint density at radius 2 is 2.29 bits per heavy atom. The smallest absolute Gasteiger partial charge is 0.360 e. The van der Waals surface area contributed by atoms with Gasteiger partial charge in [0.15, 0.2) is 5.69 Å². The molecular weight excluding hydrogens is 206 g/mol. The van der Waals surface area contributed by atoms with Gasteiger partial charge in [-0.05, 0) is 24.9 Å². The van der Waals surface area contributed by atoms with E-state index in [1.54, 1.807) is 6.92 Å². The van der Waals surface area contributed by atoms with Crippen LogP contribution in [-0.2, 0) is 11.2 Å². The van der Waals surface area contributed by atoms with E-state index in [1.165, 1.54) is 0 Å². The number of nitrogens with zero attached hydrogens (tertiary/aromatic N) is 1. The molecule has 0 amide bonds. The molecule has 0 atom stereocenters. The van der Waals surface area contributed by atoms with Gasteiger partial charge in [0.2, 0.25) is 0 Å². The highest BCUT2D eigenvalue weighted by Gasteiger charge is 2.19. The number of carbonyl (C=O) groups excluding carboxylic acids is 1. The normalized spacial score (nSPS) is 10.2. The number of esters is 1. The summed E-state index contributed by atoms with van der Waals surface area (Å²) < 4.78 is 9.88. The van der Waals surface area contributed by atoms with E-state index >= 15 is 0 Å². The van der Waals surface area contributed by atoms with Gasteiger partial charge < -0.3 is 9.15 Å². The van der Waals surface area contributed by atoms with Crippen molar-refractivity contribution in [1.82, 2.24) is 4.98 Å². The fourth-order valence-electron chi connectivity index (χ4n) is 1.08. The van der Waals surface area contributed by atoms with Crippen molar-refractivity contribution in [3.8, 4) is 0 Å². The average Bonchev–Trinajstić information content (AvgIpc) is 2.48. The molecule has 0 radical (unpaired) electrons. The molecule has 0 N–H and O–H groups in total. The van der Waals surface area contributed by atoms with E-state index in [4.69, 9.17) is 20.8 Å². The second-order valence-corrected chi connectivity index (χ2v) is 3.03. The Labute approximate surface area is 87.2 Å². The van der Waals surface area contributed by atoms with Gasteiger partial charge in [0.25, 0.3) is 5.35 Å². The summed E-state index contributed by atoms with van der Waals surface area (Å²) in [5, 5.41) is -0.0171. The van der Waals surface area contributed by atoms with Crippen LogP contribution < -0.4 is 0 Å². The zero-order chi connectivity index (χ0) is 10.6. The molecule has 4 nitrogen and oxygen atoms in total. The number of rotatable bonds is 4. The molecule has 0 saturated heterocycles. The summed E-state index contributed by atoms with van der Waals surface area (Å²) in [7, 11) is 0. The van der Waals surface area contributed by atoms with Crippen molar-refractivity contribution < 1.29 is 13.9 Å². The highest BCUT2D eigenvalue weighted by Crippen LogP contribution is 2.17. The van der Waals surface area contributed by atoms with Gasteiger partial charge >= 0.3 is 5.97 Å². The summed E-state index contributed by atoms with van der Waals surface area (Å²) in [6, 6.07) is 0. The quantitative estimate of drug-likeness (QED) is 0.727. The fraction of sp³-hybridized carbons (Fsp3) is 0.556. The molecule has 0 aromatic carbocycles. The molecule has 0 aliphatic carbocycles. The van der Waals surface area contributed by atoms with Gasteiger partial charge in [0, 0.05) is 6.42 Å². The molecule has 78 valence electrons. The van der Waals surface area contributed by atoms with Crippen LogP contribution in [0.1, 0.15) is 36.5 Å². The topological polar surface area (TPSA) is 52.3 Å². The lowest BCUT2D eigenvalue weighted by molar-refractivity contribution is 0.0517. The maximum absolute atomic E-state index is 11.4. The van der Waals surface area contributed by atoms with E-state index in [0.29, 0.717) is 18.8 Å². The molecule has 0 bridgehead atoms. The summed E-state index contributed by atoms with van der Waals surface area (Å²) in [5.41, 5.74) is 0.193. The van der Waals surface area contributed by atoms with Crippen molar-refractivity contribution in [3.05, 3.63) is 16.8 Å². The Morgan fingerprint density at radius 1 is 1.57 bits per heavy atom. The van der Waals surface area contributed by atoms with Crippen molar-refractivity contribution in [3.63, 3.8) is 0 Å². The van der Waals surface area contributed by atoms with Crippen molar-refractivity contribution >= 4 is 17.6 Å². The number of hydrogen-bond acceptors (Lipinski definition) is 4. The van der Waals surface area contributed by atoms with Crippen molar-refractivity contribution in [2.75, 3.05) is 6.61 Å². The summed E-state index contributed by atoms with van der Waals surface area (Å²) in [6.07, 6.45) is 1.49. The van der Waals surface area contributed by atoms with Crippen LogP contribution in [0.4, 0.5) is 0 Å². The molecule has 0 spiro atoms. The van der Waals surface area contributed by atoms with Gasteiger partial charge in [0.05, 0.1) is 6.61 Å². The first kappa shape index (κ1) is 11.0. The van der Waals surface area contributed by atoms with Crippen LogP contribution in [0.3, 0.4) is 0 Å². The van der Waals surface area contributed by atoms with Crippen LogP contribution in [0.25, 0.3) is 0 Å². The van der Waals surface area contributed by atoms with Crippen LogP contribution in [0.15, 0.2) is 4.42 Å². The SMILES string of the molecule is CCCc1oc(Cl)nc1C(=O)OCC. The predicted octanol–water partition coefficient (Wildman–Crippen LogP) is 2.46. The molecule has 1 aromatic heterocycles. The molecule has 1 rings (SSSR count). The van der Waals surface area contributed by atoms with Crippen LogP contribution in [0.5, 0.6) is 0 Å². The van der Waals surface area contributed by atoms with Crippen LogP contribution in [0, 0.1) is 0 Å². The number of carbonyl (C=O) groups is 1. The Kier molecular flexibility index (Phi) is 3.95. The predicted molar refractivity (Wildman–Crippen MR) is 51.5 cm³/mol. The summed E-state index contributed by atoms with van der Waals surface area (Å²) >= 11 is 5.56. The minimum absolute atomic E-state index is 0.0171. The van der Waals surface area contributed by atoms with E-state index in [0.717, 1.165) is 6.42 Å². The lowest BCUT2D eigenvalue weighted by Gasteiger charge is -1.98. The lowest BCUT2D eigenvalue weighted by atomic mass is 10.2. The van der Waals surface area contributed by atoms with E-state index in [9.17, 15) is 4.79 Å². The monoisotopic (exact) mass is 217 g/mol. The van der Waals surface area contributed by atoms with Crippen LogP contribution in [-0.4, -0.2) is 17.6 Å². The number of oxazole rings is 1. The van der Waals surface area contributed by atoms with Gasteiger partial charge in [-0.25, -0.2) is 4.79 Å². The Hall–Kier alpha value is -1.03. The minimum Gasteiger partial charge on any atom is -0.461 e. The molecule has 1 heterocycles. The zero-order valence-corrected chi connectivity index (χ0v) is 8.93. The molecule has 5 heteroatoms. The third kappa shape index (κ3) is 2.48. The maximum Gasteiger partial charge on any atom is 0.360 e. The van der Waals surface area contributed by atoms with Gasteiger partial charge in [-0.3, -0.25) is 0 Å². The highest BCUT2D eigenvalue weighted by molar-refractivity contribution is 6.27. The number of halogens is 1. The molecule has 0 aliphatic rings. The van der Waals surface area contributed by atoms with E-state index in [-0.39, 0.29) is 11.0 Å². The molecule has 14 heavy (non-hydrogen) atoms. The van der Waals surface area contributed by atoms with Gasteiger partial charge in [-0.15, -0.1) is 0 Å². The fourth-order valence-corrected chi connectivity index (χ4v) is 1.26. The van der Waals surface area contributed by atoms with Crippen molar-refractivity contribution in [2.24, 2.45) is 0 Å². The largest absolute Gasteiger partial charge is 0.461 e. The van der Waals surface area contributed by atoms with E-state index < -0.39 is 5.97 Å². The Morgan fingerprint density at radius 3 is 2.86 bits per heavy atom. The molecule has 1 aromatic rings. The minimum atomic E-state index is -0.480. The number of ether oxygens (including phenoxy) is 1. The summed E-state index contributed by atoms with van der Waals surface area (Å²) in [6.45, 7) is 4.03. The van der Waals surface area contributed by atoms with Crippen LogP contribution >= 0.6 is 11.6 Å². The van der Waals surface area contributed by atoms with Crippen molar-refractivity contribution in [2.45, 2.75) is 26.7 Å².